The molecule has 6 nitrogen and oxygen atoms in total. The molecule has 0 saturated carbocycles. The molecule has 0 unspecified atom stereocenters. The monoisotopic (exact) mass is 301 g/mol. The lowest BCUT2D eigenvalue weighted by molar-refractivity contribution is -0.149. The molecule has 0 spiro atoms. The van der Waals surface area contributed by atoms with E-state index in [1.165, 1.54) is 7.11 Å². The van der Waals surface area contributed by atoms with E-state index in [2.05, 4.69) is 15.3 Å². The summed E-state index contributed by atoms with van der Waals surface area (Å²) in [5.41, 5.74) is 1.49. The van der Waals surface area contributed by atoms with Crippen molar-refractivity contribution < 1.29 is 14.6 Å². The molecule has 2 N–H and O–H groups in total. The molecule has 0 aromatic carbocycles. The van der Waals surface area contributed by atoms with Gasteiger partial charge in [-0.2, -0.15) is 0 Å². The third-order valence-corrected chi connectivity index (χ3v) is 3.33. The van der Waals surface area contributed by atoms with Gasteiger partial charge >= 0.3 is 5.97 Å². The van der Waals surface area contributed by atoms with Crippen LogP contribution in [0.5, 0.6) is 0 Å². The second kappa shape index (κ2) is 8.21. The Labute approximate surface area is 129 Å². The van der Waals surface area contributed by atoms with Gasteiger partial charge in [0.05, 0.1) is 24.8 Å². The van der Waals surface area contributed by atoms with E-state index in [4.69, 9.17) is 4.74 Å². The highest BCUT2D eigenvalue weighted by Gasteiger charge is 2.28. The number of aliphatic hydroxyl groups is 1. The highest BCUT2D eigenvalue weighted by atomic mass is 16.5. The van der Waals surface area contributed by atoms with Gasteiger partial charge < -0.3 is 15.2 Å². The van der Waals surface area contributed by atoms with Crippen molar-refractivity contribution in [2.24, 2.45) is 5.92 Å². The number of aliphatic hydroxyl groups excluding tert-OH is 1. The number of carbonyl (C=O) groups excluding carboxylic acids is 1. The number of ether oxygens (including phenoxy) is 1. The second-order valence-electron chi connectivity index (χ2n) is 4.81. The molecule has 2 aromatic heterocycles. The van der Waals surface area contributed by atoms with Crippen molar-refractivity contribution in [2.75, 3.05) is 13.7 Å². The molecule has 2 atom stereocenters. The summed E-state index contributed by atoms with van der Waals surface area (Å²) in [7, 11) is 1.31. The molecule has 0 aliphatic rings. The maximum atomic E-state index is 11.9. The molecular formula is C16H19N3O3. The van der Waals surface area contributed by atoms with Gasteiger partial charge in [0.15, 0.2) is 0 Å². The first-order valence-electron chi connectivity index (χ1n) is 6.99. The van der Waals surface area contributed by atoms with Gasteiger partial charge in [-0.3, -0.25) is 14.8 Å². The Balaban J connectivity index is 1.99. The first-order chi connectivity index (χ1) is 10.7. The lowest BCUT2D eigenvalue weighted by atomic mass is 9.96. The Kier molecular flexibility index (Phi) is 6.00. The average molecular weight is 301 g/mol. The molecule has 22 heavy (non-hydrogen) atoms. The largest absolute Gasteiger partial charge is 0.469 e. The maximum Gasteiger partial charge on any atom is 0.312 e. The molecule has 0 saturated heterocycles. The number of nitrogens with zero attached hydrogens (tertiary/aromatic N) is 2. The molecule has 2 rings (SSSR count). The number of methoxy groups -OCH3 is 1. The maximum absolute atomic E-state index is 11.9. The number of hydrogen-bond donors (Lipinski definition) is 2. The zero-order valence-electron chi connectivity index (χ0n) is 12.3. The Hall–Kier alpha value is -2.31. The van der Waals surface area contributed by atoms with Crippen molar-refractivity contribution >= 4 is 5.97 Å². The van der Waals surface area contributed by atoms with Crippen LogP contribution in [0.4, 0.5) is 0 Å². The van der Waals surface area contributed by atoms with Crippen LogP contribution in [0.15, 0.2) is 48.9 Å². The Morgan fingerprint density at radius 3 is 2.68 bits per heavy atom. The van der Waals surface area contributed by atoms with Gasteiger partial charge in [0.2, 0.25) is 0 Å². The average Bonchev–Trinajstić information content (AvgIpc) is 2.59. The van der Waals surface area contributed by atoms with Crippen molar-refractivity contribution in [3.05, 3.63) is 60.2 Å². The highest BCUT2D eigenvalue weighted by Crippen LogP contribution is 2.22. The molecule has 0 radical (unpaired) electrons. The number of rotatable bonds is 7. The standard InChI is InChI=1S/C16H19N3O3/c1-22-16(21)14(15(20)12-5-8-17-9-6-12)11-18-10-13-4-2-3-7-19-13/h2-9,14-15,18,20H,10-11H2,1H3/t14-,15-/m0/s1. The normalized spacial score (nSPS) is 13.4. The van der Waals surface area contributed by atoms with Crippen LogP contribution in [0.1, 0.15) is 17.4 Å². The molecule has 2 heterocycles. The lowest BCUT2D eigenvalue weighted by Crippen LogP contribution is -2.34. The van der Waals surface area contributed by atoms with E-state index in [0.29, 0.717) is 12.1 Å². The van der Waals surface area contributed by atoms with Crippen LogP contribution in [0.25, 0.3) is 0 Å². The van der Waals surface area contributed by atoms with Gasteiger partial charge in [0.1, 0.15) is 0 Å². The summed E-state index contributed by atoms with van der Waals surface area (Å²) in [6.07, 6.45) is 3.91. The van der Waals surface area contributed by atoms with Crippen LogP contribution in [0, 0.1) is 5.92 Å². The number of aromatic nitrogens is 2. The predicted octanol–water partition coefficient (Wildman–Crippen LogP) is 1.09. The number of pyridine rings is 2. The summed E-state index contributed by atoms with van der Waals surface area (Å²) in [6, 6.07) is 8.99. The third-order valence-electron chi connectivity index (χ3n) is 3.33. The SMILES string of the molecule is COC(=O)[C@@H](CNCc1ccccn1)[C@@H](O)c1ccncc1. The van der Waals surface area contributed by atoms with E-state index < -0.39 is 18.0 Å². The fraction of sp³-hybridized carbons (Fsp3) is 0.312. The Bertz CT molecular complexity index is 578. The molecule has 2 aromatic rings. The Morgan fingerprint density at radius 2 is 2.05 bits per heavy atom. The molecule has 0 aliphatic heterocycles. The summed E-state index contributed by atoms with van der Waals surface area (Å²) in [5.74, 6) is -1.16. The third kappa shape index (κ3) is 4.34. The minimum Gasteiger partial charge on any atom is -0.469 e. The van der Waals surface area contributed by atoms with Crippen LogP contribution in [0.2, 0.25) is 0 Å². The van der Waals surface area contributed by atoms with Crippen LogP contribution in [0.3, 0.4) is 0 Å². The van der Waals surface area contributed by atoms with Crippen LogP contribution >= 0.6 is 0 Å². The van der Waals surface area contributed by atoms with Crippen LogP contribution in [-0.2, 0) is 16.1 Å². The summed E-state index contributed by atoms with van der Waals surface area (Å²) in [4.78, 5) is 20.0. The number of hydrogen-bond acceptors (Lipinski definition) is 6. The molecule has 0 bridgehead atoms. The van der Waals surface area contributed by atoms with Gasteiger partial charge in [-0.25, -0.2) is 0 Å². The minimum absolute atomic E-state index is 0.284. The zero-order valence-corrected chi connectivity index (χ0v) is 12.3. The van der Waals surface area contributed by atoms with Crippen molar-refractivity contribution in [1.29, 1.82) is 0 Å². The summed E-state index contributed by atoms with van der Waals surface area (Å²) in [6.45, 7) is 0.796. The topological polar surface area (TPSA) is 84.3 Å². The fourth-order valence-corrected chi connectivity index (χ4v) is 2.13. The predicted molar refractivity (Wildman–Crippen MR) is 80.6 cm³/mol. The van der Waals surface area contributed by atoms with E-state index in [9.17, 15) is 9.90 Å². The molecule has 0 aliphatic carbocycles. The lowest BCUT2D eigenvalue weighted by Gasteiger charge is -2.21. The van der Waals surface area contributed by atoms with E-state index in [1.54, 1.807) is 30.7 Å². The van der Waals surface area contributed by atoms with E-state index >= 15 is 0 Å². The van der Waals surface area contributed by atoms with E-state index in [0.717, 1.165) is 5.69 Å². The Morgan fingerprint density at radius 1 is 1.27 bits per heavy atom. The van der Waals surface area contributed by atoms with Gasteiger partial charge in [-0.15, -0.1) is 0 Å². The summed E-state index contributed by atoms with van der Waals surface area (Å²) >= 11 is 0. The number of esters is 1. The number of carbonyl (C=O) groups is 1. The van der Waals surface area contributed by atoms with Gasteiger partial charge in [0, 0.05) is 31.7 Å². The van der Waals surface area contributed by atoms with Gasteiger partial charge in [0.25, 0.3) is 0 Å². The molecule has 6 heteroatoms. The summed E-state index contributed by atoms with van der Waals surface area (Å²) < 4.78 is 4.79. The first-order valence-corrected chi connectivity index (χ1v) is 6.99. The van der Waals surface area contributed by atoms with Crippen molar-refractivity contribution in [1.82, 2.24) is 15.3 Å². The molecule has 0 fully saturated rings. The van der Waals surface area contributed by atoms with E-state index in [1.807, 2.05) is 18.2 Å². The molecular weight excluding hydrogens is 282 g/mol. The van der Waals surface area contributed by atoms with Crippen molar-refractivity contribution in [2.45, 2.75) is 12.6 Å². The van der Waals surface area contributed by atoms with Crippen LogP contribution in [-0.4, -0.2) is 34.7 Å². The van der Waals surface area contributed by atoms with Gasteiger partial charge in [-0.1, -0.05) is 6.07 Å². The highest BCUT2D eigenvalue weighted by molar-refractivity contribution is 5.73. The molecule has 116 valence electrons. The zero-order chi connectivity index (χ0) is 15.8. The minimum atomic E-state index is -0.952. The first kappa shape index (κ1) is 16.1. The van der Waals surface area contributed by atoms with Crippen molar-refractivity contribution in [3.63, 3.8) is 0 Å². The van der Waals surface area contributed by atoms with E-state index in [-0.39, 0.29) is 6.54 Å². The molecule has 0 amide bonds. The van der Waals surface area contributed by atoms with Gasteiger partial charge in [-0.05, 0) is 29.8 Å². The van der Waals surface area contributed by atoms with Crippen molar-refractivity contribution in [3.8, 4) is 0 Å². The van der Waals surface area contributed by atoms with Crippen LogP contribution < -0.4 is 5.32 Å². The number of nitrogens with one attached hydrogen (secondary N) is 1. The summed E-state index contributed by atoms with van der Waals surface area (Å²) in [5, 5.41) is 13.5. The second-order valence-corrected chi connectivity index (χ2v) is 4.81. The smallest absolute Gasteiger partial charge is 0.312 e. The quantitative estimate of drug-likeness (QED) is 0.745. The fourth-order valence-electron chi connectivity index (χ4n) is 2.13.